The van der Waals surface area contributed by atoms with Crippen molar-refractivity contribution in [3.63, 3.8) is 0 Å². The third-order valence-corrected chi connectivity index (χ3v) is 3.66. The standard InChI is InChI=1S/C16H25ClN2O3/c1-11(9-22-16(2,3)4)13(5-6-18-10-20)14-7-12(17)8-19-15(14)21/h7-8,10-11,13H,5-6,9H2,1-4H3,(H,18,20)(H,19,21). The van der Waals surface area contributed by atoms with Crippen LogP contribution in [-0.2, 0) is 9.53 Å². The second-order valence-corrected chi connectivity index (χ2v) is 6.91. The van der Waals surface area contributed by atoms with Crippen LogP contribution in [0.4, 0.5) is 0 Å². The highest BCUT2D eigenvalue weighted by Gasteiger charge is 2.24. The van der Waals surface area contributed by atoms with Gasteiger partial charge in [0.25, 0.3) is 5.56 Å². The molecule has 0 bridgehead atoms. The largest absolute Gasteiger partial charge is 0.376 e. The molecule has 0 aliphatic heterocycles. The Morgan fingerprint density at radius 2 is 2.14 bits per heavy atom. The van der Waals surface area contributed by atoms with Gasteiger partial charge < -0.3 is 15.0 Å². The number of carbonyl (C=O) groups excluding carboxylic acids is 1. The molecule has 2 N–H and O–H groups in total. The van der Waals surface area contributed by atoms with Crippen LogP contribution < -0.4 is 10.9 Å². The van der Waals surface area contributed by atoms with Crippen LogP contribution in [0.3, 0.4) is 0 Å². The molecule has 1 rings (SSSR count). The number of nitrogens with one attached hydrogen (secondary N) is 2. The van der Waals surface area contributed by atoms with E-state index >= 15 is 0 Å². The van der Waals surface area contributed by atoms with Crippen LogP contribution >= 0.6 is 11.6 Å². The van der Waals surface area contributed by atoms with Gasteiger partial charge >= 0.3 is 0 Å². The number of aromatic amines is 1. The van der Waals surface area contributed by atoms with E-state index in [1.807, 2.05) is 27.7 Å². The third kappa shape index (κ3) is 6.20. The maximum Gasteiger partial charge on any atom is 0.251 e. The summed E-state index contributed by atoms with van der Waals surface area (Å²) in [6.07, 6.45) is 2.79. The molecule has 0 saturated heterocycles. The van der Waals surface area contributed by atoms with Crippen molar-refractivity contribution in [1.82, 2.24) is 10.3 Å². The average molecular weight is 329 g/mol. The molecular formula is C16H25ClN2O3. The molecule has 0 spiro atoms. The fraction of sp³-hybridized carbons (Fsp3) is 0.625. The predicted octanol–water partition coefficient (Wildman–Crippen LogP) is 2.70. The lowest BCUT2D eigenvalue weighted by Gasteiger charge is -2.28. The van der Waals surface area contributed by atoms with Crippen LogP contribution in [0, 0.1) is 5.92 Å². The van der Waals surface area contributed by atoms with E-state index in [9.17, 15) is 9.59 Å². The topological polar surface area (TPSA) is 71.2 Å². The van der Waals surface area contributed by atoms with Crippen LogP contribution in [-0.4, -0.2) is 30.1 Å². The van der Waals surface area contributed by atoms with Crippen molar-refractivity contribution in [2.24, 2.45) is 5.92 Å². The fourth-order valence-electron chi connectivity index (χ4n) is 2.29. The second kappa shape index (κ2) is 8.34. The zero-order valence-electron chi connectivity index (χ0n) is 13.6. The van der Waals surface area contributed by atoms with Crippen LogP contribution in [0.5, 0.6) is 0 Å². The summed E-state index contributed by atoms with van der Waals surface area (Å²) in [7, 11) is 0. The van der Waals surface area contributed by atoms with Crippen LogP contribution in [0.15, 0.2) is 17.1 Å². The predicted molar refractivity (Wildman–Crippen MR) is 88.4 cm³/mol. The van der Waals surface area contributed by atoms with Crippen molar-refractivity contribution in [2.45, 2.75) is 45.6 Å². The summed E-state index contributed by atoms with van der Waals surface area (Å²) in [4.78, 5) is 25.2. The van der Waals surface area contributed by atoms with Gasteiger partial charge in [0, 0.05) is 18.3 Å². The molecule has 1 amide bonds. The number of aromatic nitrogens is 1. The molecule has 2 atom stereocenters. The zero-order chi connectivity index (χ0) is 16.8. The number of ether oxygens (including phenoxy) is 1. The molecule has 0 fully saturated rings. The minimum atomic E-state index is -0.236. The van der Waals surface area contributed by atoms with Gasteiger partial charge in [0.1, 0.15) is 0 Å². The lowest BCUT2D eigenvalue weighted by molar-refractivity contribution is -0.109. The summed E-state index contributed by atoms with van der Waals surface area (Å²) in [6, 6.07) is 1.69. The van der Waals surface area contributed by atoms with Gasteiger partial charge in [0.05, 0.1) is 17.2 Å². The number of hydrogen-bond acceptors (Lipinski definition) is 3. The molecule has 1 aromatic heterocycles. The number of rotatable bonds is 8. The molecule has 6 heteroatoms. The molecule has 0 aromatic carbocycles. The van der Waals surface area contributed by atoms with Gasteiger partial charge in [-0.15, -0.1) is 0 Å². The summed E-state index contributed by atoms with van der Waals surface area (Å²) in [5, 5.41) is 3.14. The maximum absolute atomic E-state index is 12.1. The monoisotopic (exact) mass is 328 g/mol. The third-order valence-electron chi connectivity index (χ3n) is 3.45. The van der Waals surface area contributed by atoms with E-state index in [0.29, 0.717) is 36.6 Å². The van der Waals surface area contributed by atoms with E-state index in [0.717, 1.165) is 0 Å². The summed E-state index contributed by atoms with van der Waals surface area (Å²) >= 11 is 6.00. The first-order valence-electron chi connectivity index (χ1n) is 7.43. The minimum absolute atomic E-state index is 0.0442. The number of H-pyrrole nitrogens is 1. The van der Waals surface area contributed by atoms with Crippen molar-refractivity contribution in [3.05, 3.63) is 33.2 Å². The number of carbonyl (C=O) groups is 1. The summed E-state index contributed by atoms with van der Waals surface area (Å²) in [6.45, 7) is 9.05. The molecule has 5 nitrogen and oxygen atoms in total. The van der Waals surface area contributed by atoms with Gasteiger partial charge in [-0.2, -0.15) is 0 Å². The summed E-state index contributed by atoms with van der Waals surface area (Å²) in [5.74, 6) is 0.0736. The molecular weight excluding hydrogens is 304 g/mol. The van der Waals surface area contributed by atoms with Gasteiger partial charge in [-0.1, -0.05) is 18.5 Å². The number of pyridine rings is 1. The number of amides is 1. The SMILES string of the molecule is CC(COC(C)(C)C)C(CCNC=O)c1cc(Cl)c[nH]c1=O. The number of hydrogen-bond donors (Lipinski definition) is 2. The first-order valence-corrected chi connectivity index (χ1v) is 7.81. The second-order valence-electron chi connectivity index (χ2n) is 6.47. The van der Waals surface area contributed by atoms with Crippen molar-refractivity contribution >= 4 is 18.0 Å². The van der Waals surface area contributed by atoms with Crippen LogP contribution in [0.2, 0.25) is 5.02 Å². The lowest BCUT2D eigenvalue weighted by Crippen LogP contribution is -2.29. The highest BCUT2D eigenvalue weighted by atomic mass is 35.5. The Hall–Kier alpha value is -1.33. The highest BCUT2D eigenvalue weighted by molar-refractivity contribution is 6.30. The first-order chi connectivity index (χ1) is 10.2. The lowest BCUT2D eigenvalue weighted by atomic mass is 9.85. The minimum Gasteiger partial charge on any atom is -0.376 e. The molecule has 22 heavy (non-hydrogen) atoms. The van der Waals surface area contributed by atoms with Crippen LogP contribution in [0.25, 0.3) is 0 Å². The van der Waals surface area contributed by atoms with Gasteiger partial charge in [0.2, 0.25) is 6.41 Å². The van der Waals surface area contributed by atoms with E-state index in [4.69, 9.17) is 16.3 Å². The van der Waals surface area contributed by atoms with Gasteiger partial charge in [-0.25, -0.2) is 0 Å². The molecule has 124 valence electrons. The molecule has 2 unspecified atom stereocenters. The Labute approximate surface area is 136 Å². The molecule has 1 heterocycles. The van der Waals surface area contributed by atoms with Gasteiger partial charge in [-0.05, 0) is 45.1 Å². The zero-order valence-corrected chi connectivity index (χ0v) is 14.4. The molecule has 0 aliphatic carbocycles. The summed E-state index contributed by atoms with van der Waals surface area (Å²) < 4.78 is 5.83. The van der Waals surface area contributed by atoms with Crippen molar-refractivity contribution < 1.29 is 9.53 Å². The van der Waals surface area contributed by atoms with Crippen molar-refractivity contribution in [2.75, 3.05) is 13.2 Å². The van der Waals surface area contributed by atoms with E-state index in [-0.39, 0.29) is 23.0 Å². The Morgan fingerprint density at radius 3 is 2.73 bits per heavy atom. The maximum atomic E-state index is 12.1. The average Bonchev–Trinajstić information content (AvgIpc) is 2.43. The summed E-state index contributed by atoms with van der Waals surface area (Å²) in [5.41, 5.74) is 0.244. The van der Waals surface area contributed by atoms with E-state index < -0.39 is 0 Å². The normalized spacial score (nSPS) is 14.4. The molecule has 0 saturated carbocycles. The quantitative estimate of drug-likeness (QED) is 0.569. The van der Waals surface area contributed by atoms with E-state index in [1.54, 1.807) is 6.07 Å². The van der Waals surface area contributed by atoms with Crippen molar-refractivity contribution in [3.8, 4) is 0 Å². The Kier molecular flexibility index (Phi) is 7.10. The van der Waals surface area contributed by atoms with E-state index in [2.05, 4.69) is 10.3 Å². The Bertz CT molecular complexity index is 537. The molecule has 1 aromatic rings. The fourth-order valence-corrected chi connectivity index (χ4v) is 2.46. The number of halogens is 1. The highest BCUT2D eigenvalue weighted by Crippen LogP contribution is 2.28. The van der Waals surface area contributed by atoms with Crippen molar-refractivity contribution in [1.29, 1.82) is 0 Å². The molecule has 0 aliphatic rings. The van der Waals surface area contributed by atoms with Gasteiger partial charge in [-0.3, -0.25) is 9.59 Å². The van der Waals surface area contributed by atoms with Gasteiger partial charge in [0.15, 0.2) is 0 Å². The first kappa shape index (κ1) is 18.7. The Balaban J connectivity index is 2.93. The smallest absolute Gasteiger partial charge is 0.251 e. The Morgan fingerprint density at radius 1 is 1.45 bits per heavy atom. The van der Waals surface area contributed by atoms with E-state index in [1.165, 1.54) is 6.20 Å². The molecule has 0 radical (unpaired) electrons. The van der Waals surface area contributed by atoms with Crippen LogP contribution in [0.1, 0.15) is 45.6 Å².